The zero-order valence-electron chi connectivity index (χ0n) is 15.6. The third kappa shape index (κ3) is 4.28. The van der Waals surface area contributed by atoms with E-state index in [1.54, 1.807) is 24.3 Å². The summed E-state index contributed by atoms with van der Waals surface area (Å²) in [7, 11) is 5.63. The Morgan fingerprint density at radius 1 is 1.00 bits per heavy atom. The van der Waals surface area contributed by atoms with Crippen LogP contribution in [0.1, 0.15) is 22.3 Å². The van der Waals surface area contributed by atoms with E-state index in [-0.39, 0.29) is 35.8 Å². The van der Waals surface area contributed by atoms with Crippen molar-refractivity contribution in [3.63, 3.8) is 0 Å². The predicted octanol–water partition coefficient (Wildman–Crippen LogP) is 3.44. The fraction of sp³-hybridized carbons (Fsp3) is 0.316. The predicted molar refractivity (Wildman–Crippen MR) is 98.4 cm³/mol. The van der Waals surface area contributed by atoms with Crippen molar-refractivity contribution in [3.8, 4) is 23.0 Å². The molecule has 27 heavy (non-hydrogen) atoms. The first-order valence-electron chi connectivity index (χ1n) is 8.10. The minimum Gasteiger partial charge on any atom is -0.497 e. The smallest absolute Gasteiger partial charge is 0.318 e. The number of nitro benzene ring substituents is 1. The quantitative estimate of drug-likeness (QED) is 0.376. The summed E-state index contributed by atoms with van der Waals surface area (Å²) in [6, 6.07) is 8.26. The van der Waals surface area contributed by atoms with E-state index in [1.165, 1.54) is 34.5 Å². The van der Waals surface area contributed by atoms with Gasteiger partial charge in [0, 0.05) is 17.5 Å². The average Bonchev–Trinajstić information content (AvgIpc) is 2.70. The van der Waals surface area contributed by atoms with Gasteiger partial charge in [0.1, 0.15) is 5.75 Å². The van der Waals surface area contributed by atoms with Gasteiger partial charge in [-0.2, -0.15) is 0 Å². The van der Waals surface area contributed by atoms with Gasteiger partial charge in [-0.3, -0.25) is 14.9 Å². The SMILES string of the molecule is COc1cccc(C(=O)CCc2cc(OC)c(OC)c(OC)c2[N+](=O)[O-])c1. The first-order valence-corrected chi connectivity index (χ1v) is 8.10. The van der Waals surface area contributed by atoms with Gasteiger partial charge in [0.2, 0.25) is 11.5 Å². The summed E-state index contributed by atoms with van der Waals surface area (Å²) in [6.07, 6.45) is 0.218. The fourth-order valence-corrected chi connectivity index (χ4v) is 2.77. The Morgan fingerprint density at radius 2 is 1.70 bits per heavy atom. The number of Topliss-reactive ketones (excluding diaryl/α,β-unsaturated/α-hetero) is 1. The third-order valence-corrected chi connectivity index (χ3v) is 4.08. The Bertz CT molecular complexity index is 848. The minimum absolute atomic E-state index is 0.0364. The van der Waals surface area contributed by atoms with Crippen LogP contribution in [0.5, 0.6) is 23.0 Å². The molecular weight excluding hydrogens is 354 g/mol. The summed E-state index contributed by atoms with van der Waals surface area (Å²) in [5.41, 5.74) is 0.559. The highest BCUT2D eigenvalue weighted by Gasteiger charge is 2.29. The van der Waals surface area contributed by atoms with Crippen molar-refractivity contribution in [2.24, 2.45) is 0 Å². The van der Waals surface area contributed by atoms with Gasteiger partial charge in [-0.15, -0.1) is 0 Å². The molecule has 0 radical (unpaired) electrons. The molecule has 8 nitrogen and oxygen atoms in total. The zero-order valence-corrected chi connectivity index (χ0v) is 15.6. The summed E-state index contributed by atoms with van der Waals surface area (Å²) in [5, 5.41) is 11.6. The largest absolute Gasteiger partial charge is 0.497 e. The van der Waals surface area contributed by atoms with E-state index in [9.17, 15) is 14.9 Å². The molecule has 2 aromatic rings. The molecule has 0 aliphatic carbocycles. The summed E-state index contributed by atoms with van der Waals surface area (Å²) >= 11 is 0. The van der Waals surface area contributed by atoms with Gasteiger partial charge in [0.15, 0.2) is 11.5 Å². The van der Waals surface area contributed by atoms with E-state index in [0.717, 1.165) is 0 Å². The number of hydrogen-bond donors (Lipinski definition) is 0. The van der Waals surface area contributed by atoms with Gasteiger partial charge in [0.05, 0.1) is 33.4 Å². The molecule has 0 spiro atoms. The van der Waals surface area contributed by atoms with Crippen LogP contribution >= 0.6 is 0 Å². The Labute approximate surface area is 156 Å². The molecule has 0 heterocycles. The molecule has 0 saturated heterocycles. The molecule has 144 valence electrons. The second kappa shape index (κ2) is 8.88. The molecule has 0 amide bonds. The molecule has 2 aromatic carbocycles. The lowest BCUT2D eigenvalue weighted by atomic mass is 10.0. The van der Waals surface area contributed by atoms with E-state index < -0.39 is 4.92 Å². The number of benzene rings is 2. The molecule has 0 unspecified atom stereocenters. The van der Waals surface area contributed by atoms with Crippen LogP contribution in [0.15, 0.2) is 30.3 Å². The molecule has 0 aromatic heterocycles. The van der Waals surface area contributed by atoms with Crippen LogP contribution in [-0.4, -0.2) is 39.1 Å². The molecule has 2 rings (SSSR count). The number of hydrogen-bond acceptors (Lipinski definition) is 7. The number of ketones is 1. The van der Waals surface area contributed by atoms with E-state index in [1.807, 2.05) is 0 Å². The van der Waals surface area contributed by atoms with Gasteiger partial charge in [0.25, 0.3) is 0 Å². The molecule has 0 atom stereocenters. The lowest BCUT2D eigenvalue weighted by Gasteiger charge is -2.15. The first-order chi connectivity index (χ1) is 13.0. The van der Waals surface area contributed by atoms with Crippen molar-refractivity contribution in [1.29, 1.82) is 0 Å². The molecule has 0 aliphatic heterocycles. The van der Waals surface area contributed by atoms with Crippen LogP contribution in [0.25, 0.3) is 0 Å². The van der Waals surface area contributed by atoms with E-state index in [2.05, 4.69) is 0 Å². The first kappa shape index (κ1) is 20.0. The molecule has 8 heteroatoms. The number of aryl methyl sites for hydroxylation is 1. The zero-order chi connectivity index (χ0) is 20.0. The van der Waals surface area contributed by atoms with Crippen molar-refractivity contribution in [2.75, 3.05) is 28.4 Å². The van der Waals surface area contributed by atoms with E-state index >= 15 is 0 Å². The lowest BCUT2D eigenvalue weighted by Crippen LogP contribution is -2.06. The fourth-order valence-electron chi connectivity index (χ4n) is 2.77. The number of carbonyl (C=O) groups is 1. The van der Waals surface area contributed by atoms with Gasteiger partial charge in [-0.05, 0) is 24.6 Å². The summed E-state index contributed by atoms with van der Waals surface area (Å²) in [5.74, 6) is 0.806. The van der Waals surface area contributed by atoms with Crippen LogP contribution in [0.4, 0.5) is 5.69 Å². The van der Waals surface area contributed by atoms with Crippen molar-refractivity contribution in [1.82, 2.24) is 0 Å². The monoisotopic (exact) mass is 375 g/mol. The van der Waals surface area contributed by atoms with Gasteiger partial charge < -0.3 is 18.9 Å². The van der Waals surface area contributed by atoms with Gasteiger partial charge >= 0.3 is 5.69 Å². The van der Waals surface area contributed by atoms with Crippen LogP contribution in [0.2, 0.25) is 0 Å². The number of nitrogens with zero attached hydrogens (tertiary/aromatic N) is 1. The number of carbonyl (C=O) groups excluding carboxylic acids is 1. The number of nitro groups is 1. The standard InChI is InChI=1S/C19H21NO7/c1-24-14-7-5-6-12(10-14)15(21)9-8-13-11-16(25-2)18(26-3)19(27-4)17(13)20(22)23/h5-7,10-11H,8-9H2,1-4H3. The van der Waals surface area contributed by atoms with Gasteiger partial charge in [-0.25, -0.2) is 0 Å². The highest BCUT2D eigenvalue weighted by atomic mass is 16.6. The molecular formula is C19H21NO7. The molecule has 0 aliphatic rings. The third-order valence-electron chi connectivity index (χ3n) is 4.08. The lowest BCUT2D eigenvalue weighted by molar-refractivity contribution is -0.386. The number of methoxy groups -OCH3 is 4. The number of rotatable bonds is 9. The summed E-state index contributed by atoms with van der Waals surface area (Å²) in [4.78, 5) is 23.5. The van der Waals surface area contributed by atoms with Crippen molar-refractivity contribution >= 4 is 11.5 Å². The summed E-state index contributed by atoms with van der Waals surface area (Å²) < 4.78 is 20.7. The highest BCUT2D eigenvalue weighted by Crippen LogP contribution is 2.46. The van der Waals surface area contributed by atoms with Crippen LogP contribution < -0.4 is 18.9 Å². The Morgan fingerprint density at radius 3 is 2.26 bits per heavy atom. The van der Waals surface area contributed by atoms with Crippen molar-refractivity contribution < 1.29 is 28.7 Å². The Hall–Kier alpha value is -3.29. The molecule has 0 bridgehead atoms. The Kier molecular flexibility index (Phi) is 6.59. The topological polar surface area (TPSA) is 97.1 Å². The maximum atomic E-state index is 12.5. The maximum absolute atomic E-state index is 12.5. The van der Waals surface area contributed by atoms with Crippen LogP contribution in [0, 0.1) is 10.1 Å². The summed E-state index contributed by atoms with van der Waals surface area (Å²) in [6.45, 7) is 0. The Balaban J connectivity index is 2.37. The molecule has 0 saturated carbocycles. The van der Waals surface area contributed by atoms with E-state index in [0.29, 0.717) is 22.6 Å². The normalized spacial score (nSPS) is 10.2. The molecule has 0 N–H and O–H groups in total. The van der Waals surface area contributed by atoms with E-state index in [4.69, 9.17) is 18.9 Å². The van der Waals surface area contributed by atoms with Crippen LogP contribution in [0.3, 0.4) is 0 Å². The average molecular weight is 375 g/mol. The van der Waals surface area contributed by atoms with Crippen molar-refractivity contribution in [2.45, 2.75) is 12.8 Å². The minimum atomic E-state index is -0.549. The van der Waals surface area contributed by atoms with Gasteiger partial charge in [-0.1, -0.05) is 12.1 Å². The van der Waals surface area contributed by atoms with Crippen molar-refractivity contribution in [3.05, 3.63) is 51.6 Å². The highest BCUT2D eigenvalue weighted by molar-refractivity contribution is 5.96. The maximum Gasteiger partial charge on any atom is 0.318 e. The van der Waals surface area contributed by atoms with Crippen LogP contribution in [-0.2, 0) is 6.42 Å². The second-order valence-corrected chi connectivity index (χ2v) is 5.57. The number of ether oxygens (including phenoxy) is 4. The second-order valence-electron chi connectivity index (χ2n) is 5.57. The molecule has 0 fully saturated rings.